The summed E-state index contributed by atoms with van der Waals surface area (Å²) in [5.41, 5.74) is -0.709. The molecule has 0 aliphatic heterocycles. The van der Waals surface area contributed by atoms with Gasteiger partial charge in [0.15, 0.2) is 5.78 Å². The second-order valence-electron chi connectivity index (χ2n) is 6.00. The van der Waals surface area contributed by atoms with E-state index in [1.54, 1.807) is 30.3 Å². The fourth-order valence-corrected chi connectivity index (χ4v) is 2.62. The average Bonchev–Trinajstić information content (AvgIpc) is 2.72. The van der Waals surface area contributed by atoms with E-state index in [2.05, 4.69) is 10.3 Å². The number of ketones is 1. The number of carbonyl (C=O) groups is 2. The maximum Gasteiger partial charge on any atom is 0.351 e. The number of methoxy groups -OCH3 is 1. The van der Waals surface area contributed by atoms with Crippen LogP contribution in [0.5, 0.6) is 5.75 Å². The van der Waals surface area contributed by atoms with Crippen molar-refractivity contribution in [3.8, 4) is 5.75 Å². The van der Waals surface area contributed by atoms with Crippen LogP contribution in [-0.4, -0.2) is 42.0 Å². The van der Waals surface area contributed by atoms with E-state index in [0.717, 1.165) is 6.08 Å². The van der Waals surface area contributed by atoms with E-state index in [-0.39, 0.29) is 22.6 Å². The topological polar surface area (TPSA) is 119 Å². The molecule has 0 radical (unpaired) electrons. The van der Waals surface area contributed by atoms with Crippen LogP contribution in [0.3, 0.4) is 0 Å². The van der Waals surface area contributed by atoms with Gasteiger partial charge in [-0.1, -0.05) is 18.2 Å². The molecule has 29 heavy (non-hydrogen) atoms. The number of aromatic hydroxyl groups is 1. The Balaban J connectivity index is 1.83. The standard InChI is InChI=1S/C21H18N2O6/c1-28-12-11-22-20(26)15-7-4-5-13(23-15)9-10-16(24)18-19(25)14-6-2-3-8-17(14)29-21(18)27/h2-10,25H,11-12H2,1H3,(H,22,26). The van der Waals surface area contributed by atoms with Crippen molar-refractivity contribution in [2.24, 2.45) is 0 Å². The number of rotatable bonds is 7. The van der Waals surface area contributed by atoms with Crippen LogP contribution >= 0.6 is 0 Å². The Morgan fingerprint density at radius 2 is 2.00 bits per heavy atom. The number of hydrogen-bond acceptors (Lipinski definition) is 7. The average molecular weight is 394 g/mol. The molecule has 2 aromatic heterocycles. The molecule has 2 N–H and O–H groups in total. The number of amides is 1. The number of pyridine rings is 1. The Labute approximate surface area is 165 Å². The van der Waals surface area contributed by atoms with Gasteiger partial charge in [0.05, 0.1) is 17.7 Å². The first kappa shape index (κ1) is 20.0. The van der Waals surface area contributed by atoms with Gasteiger partial charge in [0.2, 0.25) is 0 Å². The maximum absolute atomic E-state index is 12.5. The number of allylic oxidation sites excluding steroid dienone is 1. The van der Waals surface area contributed by atoms with Gasteiger partial charge in [0, 0.05) is 13.7 Å². The summed E-state index contributed by atoms with van der Waals surface area (Å²) >= 11 is 0. The van der Waals surface area contributed by atoms with E-state index >= 15 is 0 Å². The molecule has 0 unspecified atom stereocenters. The number of ether oxygens (including phenoxy) is 1. The lowest BCUT2D eigenvalue weighted by atomic mass is 10.1. The molecule has 8 heteroatoms. The van der Waals surface area contributed by atoms with Crippen LogP contribution in [-0.2, 0) is 4.74 Å². The van der Waals surface area contributed by atoms with Crippen LogP contribution in [0.4, 0.5) is 0 Å². The van der Waals surface area contributed by atoms with Gasteiger partial charge in [-0.2, -0.15) is 0 Å². The Kier molecular flexibility index (Phi) is 6.16. The highest BCUT2D eigenvalue weighted by atomic mass is 16.5. The van der Waals surface area contributed by atoms with Crippen molar-refractivity contribution in [2.45, 2.75) is 0 Å². The van der Waals surface area contributed by atoms with Crippen LogP contribution in [0, 0.1) is 0 Å². The molecular weight excluding hydrogens is 376 g/mol. The van der Waals surface area contributed by atoms with Crippen molar-refractivity contribution in [3.05, 3.63) is 75.9 Å². The van der Waals surface area contributed by atoms with Gasteiger partial charge in [0.1, 0.15) is 22.6 Å². The smallest absolute Gasteiger partial charge is 0.351 e. The third-order valence-corrected chi connectivity index (χ3v) is 4.03. The van der Waals surface area contributed by atoms with Gasteiger partial charge in [-0.15, -0.1) is 0 Å². The third kappa shape index (κ3) is 4.56. The fourth-order valence-electron chi connectivity index (χ4n) is 2.62. The Hall–Kier alpha value is -3.78. The lowest BCUT2D eigenvalue weighted by molar-refractivity contribution is 0.0931. The molecule has 148 valence electrons. The highest BCUT2D eigenvalue weighted by Crippen LogP contribution is 2.26. The first-order chi connectivity index (χ1) is 14.0. The van der Waals surface area contributed by atoms with Crippen LogP contribution in [0.15, 0.2) is 57.8 Å². The summed E-state index contributed by atoms with van der Waals surface area (Å²) in [7, 11) is 1.53. The predicted molar refractivity (Wildman–Crippen MR) is 106 cm³/mol. The van der Waals surface area contributed by atoms with Crippen molar-refractivity contribution < 1.29 is 23.8 Å². The number of carbonyl (C=O) groups excluding carboxylic acids is 2. The van der Waals surface area contributed by atoms with Gasteiger partial charge in [-0.25, -0.2) is 9.78 Å². The highest BCUT2D eigenvalue weighted by Gasteiger charge is 2.18. The molecule has 0 bridgehead atoms. The zero-order chi connectivity index (χ0) is 20.8. The lowest BCUT2D eigenvalue weighted by Crippen LogP contribution is -2.27. The number of fused-ring (bicyclic) bond motifs is 1. The molecule has 0 aliphatic carbocycles. The van der Waals surface area contributed by atoms with Crippen LogP contribution in [0.2, 0.25) is 0 Å². The minimum atomic E-state index is -0.935. The summed E-state index contributed by atoms with van der Waals surface area (Å²) in [5.74, 6) is -1.55. The number of benzene rings is 1. The predicted octanol–water partition coefficient (Wildman–Crippen LogP) is 2.17. The van der Waals surface area contributed by atoms with Crippen LogP contribution < -0.4 is 10.9 Å². The molecule has 0 aliphatic rings. The summed E-state index contributed by atoms with van der Waals surface area (Å²) in [6, 6.07) is 11.1. The van der Waals surface area contributed by atoms with E-state index in [9.17, 15) is 19.5 Å². The van der Waals surface area contributed by atoms with Crippen molar-refractivity contribution in [1.82, 2.24) is 10.3 Å². The molecule has 1 aromatic carbocycles. The van der Waals surface area contributed by atoms with Crippen molar-refractivity contribution >= 4 is 28.7 Å². The van der Waals surface area contributed by atoms with Gasteiger partial charge < -0.3 is 19.6 Å². The summed E-state index contributed by atoms with van der Waals surface area (Å²) in [4.78, 5) is 40.8. The van der Waals surface area contributed by atoms with E-state index in [4.69, 9.17) is 9.15 Å². The summed E-state index contributed by atoms with van der Waals surface area (Å²) in [6.45, 7) is 0.713. The molecule has 8 nitrogen and oxygen atoms in total. The van der Waals surface area contributed by atoms with Crippen molar-refractivity contribution in [1.29, 1.82) is 0 Å². The number of aromatic nitrogens is 1. The zero-order valence-corrected chi connectivity index (χ0v) is 15.5. The monoisotopic (exact) mass is 394 g/mol. The van der Waals surface area contributed by atoms with E-state index in [1.165, 1.54) is 25.3 Å². The largest absolute Gasteiger partial charge is 0.506 e. The van der Waals surface area contributed by atoms with E-state index < -0.39 is 22.7 Å². The third-order valence-electron chi connectivity index (χ3n) is 4.03. The quantitative estimate of drug-likeness (QED) is 0.273. The first-order valence-corrected chi connectivity index (χ1v) is 8.72. The Morgan fingerprint density at radius 3 is 2.79 bits per heavy atom. The van der Waals surface area contributed by atoms with Gasteiger partial charge in [-0.3, -0.25) is 9.59 Å². The van der Waals surface area contributed by atoms with Gasteiger partial charge in [-0.05, 0) is 36.4 Å². The number of nitrogens with one attached hydrogen (secondary N) is 1. The van der Waals surface area contributed by atoms with Crippen LogP contribution in [0.1, 0.15) is 26.5 Å². The number of nitrogens with zero attached hydrogens (tertiary/aromatic N) is 1. The molecule has 0 saturated heterocycles. The Morgan fingerprint density at radius 1 is 1.21 bits per heavy atom. The Bertz CT molecular complexity index is 1150. The van der Waals surface area contributed by atoms with E-state index in [0.29, 0.717) is 18.8 Å². The van der Waals surface area contributed by atoms with Crippen molar-refractivity contribution in [2.75, 3.05) is 20.3 Å². The molecular formula is C21H18N2O6. The van der Waals surface area contributed by atoms with Crippen molar-refractivity contribution in [3.63, 3.8) is 0 Å². The fraction of sp³-hybridized carbons (Fsp3) is 0.143. The maximum atomic E-state index is 12.5. The normalized spacial score (nSPS) is 11.1. The lowest BCUT2D eigenvalue weighted by Gasteiger charge is -2.04. The molecule has 3 rings (SSSR count). The van der Waals surface area contributed by atoms with Gasteiger partial charge >= 0.3 is 5.63 Å². The van der Waals surface area contributed by atoms with Crippen LogP contribution in [0.25, 0.3) is 17.0 Å². The molecule has 0 saturated carbocycles. The molecule has 0 fully saturated rings. The zero-order valence-electron chi connectivity index (χ0n) is 15.5. The minimum absolute atomic E-state index is 0.170. The van der Waals surface area contributed by atoms with E-state index in [1.807, 2.05) is 0 Å². The highest BCUT2D eigenvalue weighted by molar-refractivity contribution is 6.10. The molecule has 3 aromatic rings. The molecule has 1 amide bonds. The second-order valence-corrected chi connectivity index (χ2v) is 6.00. The molecule has 0 atom stereocenters. The number of hydrogen-bond donors (Lipinski definition) is 2. The first-order valence-electron chi connectivity index (χ1n) is 8.72. The number of para-hydroxylation sites is 1. The van der Waals surface area contributed by atoms with Gasteiger partial charge in [0.25, 0.3) is 5.91 Å². The summed E-state index contributed by atoms with van der Waals surface area (Å²) < 4.78 is 9.96. The molecule has 2 heterocycles. The summed E-state index contributed by atoms with van der Waals surface area (Å²) in [5, 5.41) is 13.2. The second kappa shape index (κ2) is 8.94. The minimum Gasteiger partial charge on any atom is -0.506 e. The SMILES string of the molecule is COCCNC(=O)c1cccc(C=CC(=O)c2c(O)c3ccccc3oc2=O)n1. The molecule has 0 spiro atoms. The summed E-state index contributed by atoms with van der Waals surface area (Å²) in [6.07, 6.45) is 2.44.